The van der Waals surface area contributed by atoms with Crippen LogP contribution >= 0.6 is 0 Å². The number of hydrogen-bond acceptors (Lipinski definition) is 6. The van der Waals surface area contributed by atoms with Crippen molar-refractivity contribution >= 4 is 0 Å². The first kappa shape index (κ1) is 32.8. The largest absolute Gasteiger partial charge is 1.00 e. The Labute approximate surface area is 283 Å². The Hall–Kier alpha value is -4.11. The number of ether oxygens (including phenoxy) is 4. The van der Waals surface area contributed by atoms with E-state index >= 15 is 0 Å². The summed E-state index contributed by atoms with van der Waals surface area (Å²) in [4.78, 5) is 0. The fourth-order valence-electron chi connectivity index (χ4n) is 7.61. The maximum absolute atomic E-state index is 11.5. The number of halogens is 1. The van der Waals surface area contributed by atoms with E-state index in [9.17, 15) is 10.2 Å². The van der Waals surface area contributed by atoms with Gasteiger partial charge >= 0.3 is 0 Å². The number of fused-ring (bicyclic) bond motifs is 2. The summed E-state index contributed by atoms with van der Waals surface area (Å²) in [6.07, 6.45) is 3.21. The molecule has 2 atom stereocenters. The first-order chi connectivity index (χ1) is 22.0. The minimum absolute atomic E-state index is 0. The first-order valence-corrected chi connectivity index (χ1v) is 16.0. The van der Waals surface area contributed by atoms with Crippen LogP contribution in [0.5, 0.6) is 46.0 Å². The van der Waals surface area contributed by atoms with Gasteiger partial charge in [-0.3, -0.25) is 0 Å². The number of hydrogen-bond donors (Lipinski definition) is 2. The highest BCUT2D eigenvalue weighted by Gasteiger charge is 2.41. The van der Waals surface area contributed by atoms with Crippen molar-refractivity contribution in [1.29, 1.82) is 0 Å². The van der Waals surface area contributed by atoms with E-state index in [4.69, 9.17) is 18.9 Å². The summed E-state index contributed by atoms with van der Waals surface area (Å²) in [5.41, 5.74) is 6.74. The highest BCUT2D eigenvalue weighted by molar-refractivity contribution is 5.61. The third kappa shape index (κ3) is 5.83. The van der Waals surface area contributed by atoms with Crippen LogP contribution in [0.1, 0.15) is 45.5 Å². The van der Waals surface area contributed by atoms with E-state index in [2.05, 4.69) is 52.5 Å². The minimum Gasteiger partial charge on any atom is -1.00 e. The van der Waals surface area contributed by atoms with E-state index in [1.54, 1.807) is 20.3 Å². The number of phenols is 2. The highest BCUT2D eigenvalue weighted by Crippen LogP contribution is 2.51. The summed E-state index contributed by atoms with van der Waals surface area (Å²) in [7, 11) is 12.2. The number of phenolic OH excluding ortho intramolecular Hbond substituents is 2. The standard InChI is InChI=1S/C38H42N2O6.ClH/c1-39(2)15-13-25-20-33(43-5)34-22-28(25)29(39)17-23-7-10-27(11-8-23)45-38-36-26(21-35(44-6)37(38)42)14-16-40(3,4)30(36)18-24-9-12-31(41)32(19-24)46-34;/h7-12,19-22,29-30H,13-18H2,1-6H3;1H/p+1/t29-,30+;/m0./s1. The SMILES string of the molecule is COc1cc2c3cc1Oc1cc(ccc1O)C[C@@H]1c4c(cc(OC)c(O)c4Oc4ccc(cc4)C[C@@H]3[N+](C)(C)CC2)CC[N+]1(C)C.[Cl-]. The molecule has 2 N–H and O–H groups in total. The Bertz CT molecular complexity index is 1820. The molecule has 9 heteroatoms. The van der Waals surface area contributed by atoms with E-state index < -0.39 is 0 Å². The molecule has 0 radical (unpaired) electrons. The lowest BCUT2D eigenvalue weighted by Crippen LogP contribution is -3.00. The van der Waals surface area contributed by atoms with Gasteiger partial charge in [-0.2, -0.15) is 0 Å². The Kier molecular flexibility index (Phi) is 8.49. The molecule has 4 aromatic carbocycles. The molecule has 47 heavy (non-hydrogen) atoms. The summed E-state index contributed by atoms with van der Waals surface area (Å²) in [6.45, 7) is 1.91. The Balaban J connectivity index is 0.00000386. The van der Waals surface area contributed by atoms with Gasteiger partial charge in [-0.1, -0.05) is 18.2 Å². The molecular weight excluding hydrogens is 616 g/mol. The molecule has 6 bridgehead atoms. The van der Waals surface area contributed by atoms with Gasteiger partial charge in [0.1, 0.15) is 17.8 Å². The fourth-order valence-corrected chi connectivity index (χ4v) is 7.61. The normalized spacial score (nSPS) is 20.3. The number of benzene rings is 4. The second-order valence-corrected chi connectivity index (χ2v) is 14.1. The lowest BCUT2D eigenvalue weighted by Gasteiger charge is -2.43. The van der Waals surface area contributed by atoms with Crippen LogP contribution in [0, 0.1) is 0 Å². The third-order valence-corrected chi connectivity index (χ3v) is 10.5. The molecule has 248 valence electrons. The first-order valence-electron chi connectivity index (χ1n) is 16.0. The van der Waals surface area contributed by atoms with Gasteiger partial charge in [0, 0.05) is 31.2 Å². The van der Waals surface area contributed by atoms with Gasteiger partial charge in [-0.25, -0.2) is 0 Å². The molecule has 0 aromatic heterocycles. The van der Waals surface area contributed by atoms with Gasteiger partial charge in [0.2, 0.25) is 5.75 Å². The number of likely N-dealkylation sites (N-methyl/N-ethyl adjacent to an activating group) is 2. The molecule has 0 saturated heterocycles. The summed E-state index contributed by atoms with van der Waals surface area (Å²) in [5, 5.41) is 22.5. The monoisotopic (exact) mass is 659 g/mol. The van der Waals surface area contributed by atoms with Crippen molar-refractivity contribution in [3.8, 4) is 46.0 Å². The lowest BCUT2D eigenvalue weighted by atomic mass is 9.85. The van der Waals surface area contributed by atoms with E-state index in [0.717, 1.165) is 53.5 Å². The minimum atomic E-state index is -0.0508. The predicted molar refractivity (Wildman–Crippen MR) is 177 cm³/mol. The van der Waals surface area contributed by atoms with Gasteiger partial charge in [-0.05, 0) is 64.7 Å². The molecule has 4 heterocycles. The molecule has 4 aliphatic rings. The van der Waals surface area contributed by atoms with Crippen LogP contribution in [-0.2, 0) is 25.7 Å². The topological polar surface area (TPSA) is 77.4 Å². The summed E-state index contributed by atoms with van der Waals surface area (Å²) in [5.74, 6) is 3.18. The number of aromatic hydroxyl groups is 2. The van der Waals surface area contributed by atoms with Crippen molar-refractivity contribution in [3.05, 3.63) is 94.0 Å². The van der Waals surface area contributed by atoms with Crippen molar-refractivity contribution in [2.45, 2.75) is 37.8 Å². The summed E-state index contributed by atoms with van der Waals surface area (Å²) >= 11 is 0. The maximum atomic E-state index is 11.5. The van der Waals surface area contributed by atoms with Crippen LogP contribution < -0.4 is 31.4 Å². The molecule has 0 fully saturated rings. The van der Waals surface area contributed by atoms with Crippen molar-refractivity contribution in [2.24, 2.45) is 0 Å². The van der Waals surface area contributed by atoms with Crippen molar-refractivity contribution in [1.82, 2.24) is 0 Å². The Morgan fingerprint density at radius 2 is 1.30 bits per heavy atom. The van der Waals surface area contributed by atoms with E-state index in [1.165, 1.54) is 16.7 Å². The van der Waals surface area contributed by atoms with E-state index in [0.29, 0.717) is 45.4 Å². The smallest absolute Gasteiger partial charge is 0.201 e. The molecule has 0 saturated carbocycles. The van der Waals surface area contributed by atoms with Crippen LogP contribution in [0.2, 0.25) is 0 Å². The van der Waals surface area contributed by atoms with Crippen molar-refractivity contribution in [3.63, 3.8) is 0 Å². The molecular formula is C38H44ClN2O6+. The zero-order chi connectivity index (χ0) is 32.4. The number of quaternary nitrogens is 2. The van der Waals surface area contributed by atoms with Gasteiger partial charge in [0.05, 0.1) is 61.1 Å². The average Bonchev–Trinajstić information content (AvgIpc) is 3.03. The van der Waals surface area contributed by atoms with Gasteiger partial charge in [-0.15, -0.1) is 0 Å². The van der Waals surface area contributed by atoms with Crippen LogP contribution in [0.3, 0.4) is 0 Å². The van der Waals surface area contributed by atoms with Gasteiger partial charge in [0.25, 0.3) is 0 Å². The molecule has 4 aromatic rings. The summed E-state index contributed by atoms with van der Waals surface area (Å²) < 4.78 is 26.1. The predicted octanol–water partition coefficient (Wildman–Crippen LogP) is 3.85. The number of methoxy groups -OCH3 is 2. The van der Waals surface area contributed by atoms with Crippen LogP contribution in [-0.4, -0.2) is 74.7 Å². The molecule has 8 nitrogen and oxygen atoms in total. The van der Waals surface area contributed by atoms with Crippen molar-refractivity contribution < 1.29 is 50.5 Å². The molecule has 0 spiro atoms. The Morgan fingerprint density at radius 3 is 2.00 bits per heavy atom. The maximum Gasteiger partial charge on any atom is 0.201 e. The average molecular weight is 660 g/mol. The second kappa shape index (κ2) is 12.2. The number of rotatable bonds is 2. The molecule has 0 aliphatic carbocycles. The van der Waals surface area contributed by atoms with Crippen LogP contribution in [0.15, 0.2) is 60.7 Å². The molecule has 0 amide bonds. The van der Waals surface area contributed by atoms with Crippen molar-refractivity contribution in [2.75, 3.05) is 55.5 Å². The second-order valence-electron chi connectivity index (χ2n) is 14.1. The molecule has 8 rings (SSSR count). The molecule has 4 aliphatic heterocycles. The van der Waals surface area contributed by atoms with Crippen LogP contribution in [0.4, 0.5) is 0 Å². The zero-order valence-corrected chi connectivity index (χ0v) is 28.7. The van der Waals surface area contributed by atoms with Gasteiger partial charge in [0.15, 0.2) is 34.5 Å². The fraction of sp³-hybridized carbons (Fsp3) is 0.368. The molecule has 0 unspecified atom stereocenters. The quantitative estimate of drug-likeness (QED) is 0.319. The van der Waals surface area contributed by atoms with E-state index in [1.807, 2.05) is 30.3 Å². The Morgan fingerprint density at radius 1 is 0.681 bits per heavy atom. The number of nitrogens with zero attached hydrogens (tertiary/aromatic N) is 2. The zero-order valence-electron chi connectivity index (χ0n) is 28.0. The van der Waals surface area contributed by atoms with Crippen LogP contribution in [0.25, 0.3) is 0 Å². The van der Waals surface area contributed by atoms with Gasteiger partial charge < -0.3 is 50.5 Å². The van der Waals surface area contributed by atoms with E-state index in [-0.39, 0.29) is 36.0 Å². The highest BCUT2D eigenvalue weighted by atomic mass is 35.5. The third-order valence-electron chi connectivity index (χ3n) is 10.5. The lowest BCUT2D eigenvalue weighted by molar-refractivity contribution is -0.923. The summed E-state index contributed by atoms with van der Waals surface area (Å²) in [6, 6.07) is 20.1.